The van der Waals surface area contributed by atoms with Gasteiger partial charge in [-0.2, -0.15) is 0 Å². The first kappa shape index (κ1) is 17.6. The van der Waals surface area contributed by atoms with Gasteiger partial charge in [-0.25, -0.2) is 13.8 Å². The van der Waals surface area contributed by atoms with Crippen LogP contribution in [0.3, 0.4) is 0 Å². The van der Waals surface area contributed by atoms with Gasteiger partial charge in [0, 0.05) is 22.6 Å². The van der Waals surface area contributed by atoms with Crippen molar-refractivity contribution in [2.24, 2.45) is 0 Å². The summed E-state index contributed by atoms with van der Waals surface area (Å²) >= 11 is 1.13. The number of aryl methyl sites for hydroxylation is 1. The van der Waals surface area contributed by atoms with Crippen LogP contribution in [-0.2, 0) is 0 Å². The lowest BCUT2D eigenvalue weighted by Crippen LogP contribution is -2.13. The summed E-state index contributed by atoms with van der Waals surface area (Å²) in [6.07, 6.45) is 0. The first-order chi connectivity index (χ1) is 12.3. The fraction of sp³-hybridized carbons (Fsp3) is 0.0588. The summed E-state index contributed by atoms with van der Waals surface area (Å²) in [5.41, 5.74) is 0.469. The van der Waals surface area contributed by atoms with Crippen LogP contribution in [0.1, 0.15) is 15.2 Å². The minimum atomic E-state index is -0.851. The Balaban J connectivity index is 1.89. The molecule has 1 aromatic heterocycles. The van der Waals surface area contributed by atoms with Crippen molar-refractivity contribution in [3.8, 4) is 11.3 Å². The van der Waals surface area contributed by atoms with E-state index in [-0.39, 0.29) is 10.8 Å². The molecule has 0 aliphatic carbocycles. The number of nitro groups is 1. The predicted molar refractivity (Wildman–Crippen MR) is 93.3 cm³/mol. The average molecular weight is 375 g/mol. The molecular weight excluding hydrogens is 364 g/mol. The van der Waals surface area contributed by atoms with Crippen molar-refractivity contribution in [3.63, 3.8) is 0 Å². The second-order valence-corrected chi connectivity index (χ2v) is 6.51. The van der Waals surface area contributed by atoms with Crippen LogP contribution < -0.4 is 5.32 Å². The first-order valence-electron chi connectivity index (χ1n) is 7.34. The number of anilines is 1. The van der Waals surface area contributed by atoms with E-state index in [1.54, 1.807) is 13.0 Å². The number of amides is 1. The van der Waals surface area contributed by atoms with Gasteiger partial charge in [-0.1, -0.05) is 12.1 Å². The van der Waals surface area contributed by atoms with Crippen LogP contribution in [0.25, 0.3) is 11.3 Å². The number of hydrogen-bond donors (Lipinski definition) is 1. The van der Waals surface area contributed by atoms with E-state index in [2.05, 4.69) is 10.3 Å². The SMILES string of the molecule is Cc1sc(NC(=O)c2cc(F)ccc2F)nc1-c1cccc([N+](=O)[O-])c1. The number of rotatable bonds is 4. The van der Waals surface area contributed by atoms with E-state index >= 15 is 0 Å². The number of hydrogen-bond acceptors (Lipinski definition) is 5. The Morgan fingerprint density at radius 2 is 2.00 bits per heavy atom. The molecule has 2 aromatic carbocycles. The Bertz CT molecular complexity index is 1020. The molecule has 0 radical (unpaired) electrons. The van der Waals surface area contributed by atoms with Crippen molar-refractivity contribution in [1.29, 1.82) is 0 Å². The third-order valence-electron chi connectivity index (χ3n) is 3.52. The number of non-ortho nitro benzene ring substituents is 1. The van der Waals surface area contributed by atoms with Crippen LogP contribution in [-0.4, -0.2) is 15.8 Å². The topological polar surface area (TPSA) is 85.1 Å². The summed E-state index contributed by atoms with van der Waals surface area (Å²) in [5, 5.41) is 13.5. The van der Waals surface area contributed by atoms with Crippen LogP contribution in [0.5, 0.6) is 0 Å². The average Bonchev–Trinajstić information content (AvgIpc) is 2.97. The van der Waals surface area contributed by atoms with Gasteiger partial charge in [0.15, 0.2) is 5.13 Å². The number of nitrogens with zero attached hydrogens (tertiary/aromatic N) is 2. The van der Waals surface area contributed by atoms with Gasteiger partial charge in [-0.05, 0) is 25.1 Å². The molecule has 0 aliphatic rings. The van der Waals surface area contributed by atoms with E-state index in [0.29, 0.717) is 16.1 Å². The number of nitro benzene ring substituents is 1. The lowest BCUT2D eigenvalue weighted by Gasteiger charge is -2.03. The summed E-state index contributed by atoms with van der Waals surface area (Å²) in [5.74, 6) is -2.42. The van der Waals surface area contributed by atoms with Crippen molar-refractivity contribution in [2.75, 3.05) is 5.32 Å². The minimum absolute atomic E-state index is 0.0812. The Morgan fingerprint density at radius 1 is 1.23 bits per heavy atom. The van der Waals surface area contributed by atoms with Crippen molar-refractivity contribution < 1.29 is 18.5 Å². The Kier molecular flexibility index (Phi) is 4.72. The summed E-state index contributed by atoms with van der Waals surface area (Å²) < 4.78 is 26.9. The van der Waals surface area contributed by atoms with Crippen molar-refractivity contribution in [1.82, 2.24) is 4.98 Å². The highest BCUT2D eigenvalue weighted by Gasteiger charge is 2.17. The van der Waals surface area contributed by atoms with E-state index in [4.69, 9.17) is 0 Å². The van der Waals surface area contributed by atoms with E-state index in [1.165, 1.54) is 18.2 Å². The molecule has 0 aliphatic heterocycles. The van der Waals surface area contributed by atoms with Gasteiger partial charge in [0.05, 0.1) is 16.2 Å². The number of aromatic nitrogens is 1. The highest BCUT2D eigenvalue weighted by atomic mass is 32.1. The largest absolute Gasteiger partial charge is 0.298 e. The number of nitrogens with one attached hydrogen (secondary N) is 1. The van der Waals surface area contributed by atoms with Gasteiger partial charge in [0.2, 0.25) is 0 Å². The maximum atomic E-state index is 13.7. The van der Waals surface area contributed by atoms with Crippen LogP contribution in [0.2, 0.25) is 0 Å². The molecule has 132 valence electrons. The second-order valence-electron chi connectivity index (χ2n) is 5.31. The van der Waals surface area contributed by atoms with Gasteiger partial charge in [0.25, 0.3) is 11.6 Å². The Morgan fingerprint density at radius 3 is 2.73 bits per heavy atom. The van der Waals surface area contributed by atoms with E-state index < -0.39 is 28.0 Å². The lowest BCUT2D eigenvalue weighted by molar-refractivity contribution is -0.384. The third-order valence-corrected chi connectivity index (χ3v) is 4.41. The van der Waals surface area contributed by atoms with Gasteiger partial charge in [-0.15, -0.1) is 11.3 Å². The van der Waals surface area contributed by atoms with Gasteiger partial charge >= 0.3 is 0 Å². The number of thiazole rings is 1. The summed E-state index contributed by atoms with van der Waals surface area (Å²) in [6, 6.07) is 8.51. The molecule has 26 heavy (non-hydrogen) atoms. The number of carbonyl (C=O) groups excluding carboxylic acids is 1. The Labute approximate surface area is 150 Å². The van der Waals surface area contributed by atoms with Crippen molar-refractivity contribution in [3.05, 3.63) is 74.7 Å². The molecule has 1 amide bonds. The van der Waals surface area contributed by atoms with Crippen molar-refractivity contribution in [2.45, 2.75) is 6.92 Å². The number of carbonyl (C=O) groups is 1. The Hall–Kier alpha value is -3.20. The molecule has 6 nitrogen and oxygen atoms in total. The van der Waals surface area contributed by atoms with Gasteiger partial charge in [0.1, 0.15) is 11.6 Å². The van der Waals surface area contributed by atoms with E-state index in [1.807, 2.05) is 0 Å². The maximum Gasteiger partial charge on any atom is 0.270 e. The molecule has 1 heterocycles. The maximum absolute atomic E-state index is 13.7. The standard InChI is InChI=1S/C17H11F2N3O3S/c1-9-15(10-3-2-4-12(7-10)22(24)25)20-17(26-9)21-16(23)13-8-11(18)5-6-14(13)19/h2-8H,1H3,(H,20,21,23). The van der Waals surface area contributed by atoms with Crippen LogP contribution in [0.4, 0.5) is 19.6 Å². The summed E-state index contributed by atoms with van der Waals surface area (Å²) in [6.45, 7) is 1.74. The molecule has 0 saturated heterocycles. The highest BCUT2D eigenvalue weighted by molar-refractivity contribution is 7.16. The summed E-state index contributed by atoms with van der Waals surface area (Å²) in [4.78, 5) is 27.5. The lowest BCUT2D eigenvalue weighted by atomic mass is 10.1. The zero-order valence-electron chi connectivity index (χ0n) is 13.3. The minimum Gasteiger partial charge on any atom is -0.298 e. The molecule has 3 rings (SSSR count). The third kappa shape index (κ3) is 3.57. The molecule has 0 unspecified atom stereocenters. The molecule has 1 N–H and O–H groups in total. The molecule has 0 bridgehead atoms. The predicted octanol–water partition coefficient (Wildman–Crippen LogP) is 4.56. The van der Waals surface area contributed by atoms with Crippen LogP contribution in [0, 0.1) is 28.7 Å². The number of halogens is 2. The normalized spacial score (nSPS) is 10.6. The van der Waals surface area contributed by atoms with Crippen LogP contribution >= 0.6 is 11.3 Å². The van der Waals surface area contributed by atoms with Crippen LogP contribution in [0.15, 0.2) is 42.5 Å². The first-order valence-corrected chi connectivity index (χ1v) is 8.15. The molecule has 0 saturated carbocycles. The zero-order chi connectivity index (χ0) is 18.8. The molecular formula is C17H11F2N3O3S. The molecule has 0 atom stereocenters. The smallest absolute Gasteiger partial charge is 0.270 e. The van der Waals surface area contributed by atoms with E-state index in [0.717, 1.165) is 29.5 Å². The van der Waals surface area contributed by atoms with Gasteiger partial charge in [-0.3, -0.25) is 20.2 Å². The fourth-order valence-corrected chi connectivity index (χ4v) is 3.15. The molecule has 0 fully saturated rings. The molecule has 9 heteroatoms. The summed E-state index contributed by atoms with van der Waals surface area (Å²) in [7, 11) is 0. The fourth-order valence-electron chi connectivity index (χ4n) is 2.32. The van der Waals surface area contributed by atoms with Gasteiger partial charge < -0.3 is 0 Å². The number of benzene rings is 2. The quantitative estimate of drug-likeness (QED) is 0.535. The van der Waals surface area contributed by atoms with E-state index in [9.17, 15) is 23.7 Å². The molecule has 0 spiro atoms. The molecule has 3 aromatic rings. The highest BCUT2D eigenvalue weighted by Crippen LogP contribution is 2.32. The zero-order valence-corrected chi connectivity index (χ0v) is 14.1. The monoisotopic (exact) mass is 375 g/mol. The van der Waals surface area contributed by atoms with Crippen molar-refractivity contribution >= 4 is 28.1 Å². The second kappa shape index (κ2) is 6.96.